The van der Waals surface area contributed by atoms with Crippen molar-refractivity contribution in [2.45, 2.75) is 37.8 Å². The van der Waals surface area contributed by atoms with Gasteiger partial charge in [-0.25, -0.2) is 4.98 Å². The number of thiophene rings is 1. The van der Waals surface area contributed by atoms with Crippen LogP contribution in [0, 0.1) is 0 Å². The van der Waals surface area contributed by atoms with Crippen molar-refractivity contribution in [1.29, 1.82) is 0 Å². The monoisotopic (exact) mass is 385 g/mol. The van der Waals surface area contributed by atoms with Gasteiger partial charge in [0.05, 0.1) is 4.88 Å². The number of rotatable bonds is 3. The molecule has 2 aromatic rings. The van der Waals surface area contributed by atoms with Gasteiger partial charge in [0.15, 0.2) is 0 Å². The second-order valence-electron chi connectivity index (χ2n) is 5.25. The smallest absolute Gasteiger partial charge is 0.270 e. The fraction of sp³-hybridized carbons (Fsp3) is 0.429. The predicted octanol–water partition coefficient (Wildman–Crippen LogP) is 3.63. The summed E-state index contributed by atoms with van der Waals surface area (Å²) in [5, 5.41) is 7.80. The molecule has 1 amide bonds. The molecule has 21 heavy (non-hydrogen) atoms. The molecule has 0 atom stereocenters. The molecule has 2 aromatic heterocycles. The van der Waals surface area contributed by atoms with Crippen LogP contribution in [0.1, 0.15) is 36.2 Å². The third kappa shape index (κ3) is 3.71. The molecule has 112 valence electrons. The Bertz CT molecular complexity index is 632. The standard InChI is InChI=1S/C14H16BrN3OS2/c15-8-5-12(20-6-8)14-18-11(7-21-14)13(19)17-10-3-1-9(16)2-4-10/h5-7,9-10H,1-4,16H2,(H,17,19). The van der Waals surface area contributed by atoms with E-state index in [9.17, 15) is 4.79 Å². The zero-order valence-electron chi connectivity index (χ0n) is 11.3. The van der Waals surface area contributed by atoms with E-state index in [2.05, 4.69) is 26.2 Å². The van der Waals surface area contributed by atoms with Crippen molar-refractivity contribution in [3.05, 3.63) is 27.0 Å². The first-order chi connectivity index (χ1) is 10.1. The first kappa shape index (κ1) is 15.1. The van der Waals surface area contributed by atoms with E-state index in [1.165, 1.54) is 11.3 Å². The largest absolute Gasteiger partial charge is 0.348 e. The van der Waals surface area contributed by atoms with Gasteiger partial charge in [-0.15, -0.1) is 22.7 Å². The molecule has 0 spiro atoms. The third-order valence-electron chi connectivity index (χ3n) is 3.62. The normalized spacial score (nSPS) is 22.2. The van der Waals surface area contributed by atoms with Crippen molar-refractivity contribution < 1.29 is 4.79 Å². The highest BCUT2D eigenvalue weighted by atomic mass is 79.9. The number of carbonyl (C=O) groups excluding carboxylic acids is 1. The van der Waals surface area contributed by atoms with Crippen LogP contribution >= 0.6 is 38.6 Å². The fourth-order valence-electron chi connectivity index (χ4n) is 2.44. The average Bonchev–Trinajstić information content (AvgIpc) is 3.10. The van der Waals surface area contributed by atoms with Gasteiger partial charge in [-0.2, -0.15) is 0 Å². The van der Waals surface area contributed by atoms with Crippen molar-refractivity contribution in [3.8, 4) is 9.88 Å². The maximum absolute atomic E-state index is 12.2. The summed E-state index contributed by atoms with van der Waals surface area (Å²) in [5.41, 5.74) is 6.39. The molecule has 0 unspecified atom stereocenters. The van der Waals surface area contributed by atoms with Gasteiger partial charge < -0.3 is 11.1 Å². The number of aromatic nitrogens is 1. The van der Waals surface area contributed by atoms with Crippen LogP contribution in [0.15, 0.2) is 21.3 Å². The highest BCUT2D eigenvalue weighted by Crippen LogP contribution is 2.32. The van der Waals surface area contributed by atoms with Gasteiger partial charge in [0.1, 0.15) is 10.7 Å². The second-order valence-corrected chi connectivity index (χ2v) is 7.94. The number of halogens is 1. The summed E-state index contributed by atoms with van der Waals surface area (Å²) in [6.45, 7) is 0. The number of nitrogens with zero attached hydrogens (tertiary/aromatic N) is 1. The van der Waals surface area contributed by atoms with Gasteiger partial charge in [-0.1, -0.05) is 0 Å². The predicted molar refractivity (Wildman–Crippen MR) is 90.8 cm³/mol. The average molecular weight is 386 g/mol. The zero-order valence-corrected chi connectivity index (χ0v) is 14.6. The maximum atomic E-state index is 12.2. The van der Waals surface area contributed by atoms with Crippen LogP contribution in [0.2, 0.25) is 0 Å². The van der Waals surface area contributed by atoms with Gasteiger partial charge in [0, 0.05) is 27.3 Å². The summed E-state index contributed by atoms with van der Waals surface area (Å²) in [6, 6.07) is 2.55. The Morgan fingerprint density at radius 1 is 1.29 bits per heavy atom. The number of nitrogens with one attached hydrogen (secondary N) is 1. The van der Waals surface area contributed by atoms with Crippen LogP contribution in [-0.2, 0) is 0 Å². The van der Waals surface area contributed by atoms with Gasteiger partial charge in [-0.05, 0) is 47.7 Å². The van der Waals surface area contributed by atoms with Gasteiger partial charge in [0.2, 0.25) is 0 Å². The van der Waals surface area contributed by atoms with E-state index in [0.29, 0.717) is 11.7 Å². The summed E-state index contributed by atoms with van der Waals surface area (Å²) in [5.74, 6) is -0.0754. The second kappa shape index (κ2) is 6.56. The molecule has 3 N–H and O–H groups in total. The Balaban J connectivity index is 1.64. The summed E-state index contributed by atoms with van der Waals surface area (Å²) in [4.78, 5) is 17.8. The lowest BCUT2D eigenvalue weighted by Gasteiger charge is -2.26. The molecule has 1 aliphatic carbocycles. The number of thiazole rings is 1. The van der Waals surface area contributed by atoms with Crippen LogP contribution in [0.5, 0.6) is 0 Å². The molecular formula is C14H16BrN3OS2. The molecule has 0 aromatic carbocycles. The zero-order chi connectivity index (χ0) is 14.8. The number of nitrogens with two attached hydrogens (primary N) is 1. The summed E-state index contributed by atoms with van der Waals surface area (Å²) in [6.07, 6.45) is 3.89. The molecular weight excluding hydrogens is 370 g/mol. The first-order valence-electron chi connectivity index (χ1n) is 6.88. The first-order valence-corrected chi connectivity index (χ1v) is 9.43. The van der Waals surface area contributed by atoms with Crippen LogP contribution in [0.3, 0.4) is 0 Å². The Kier molecular flexibility index (Phi) is 4.73. The van der Waals surface area contributed by atoms with Crippen molar-refractivity contribution >= 4 is 44.5 Å². The third-order valence-corrected chi connectivity index (χ3v) is 6.32. The lowest BCUT2D eigenvalue weighted by atomic mass is 9.92. The highest BCUT2D eigenvalue weighted by molar-refractivity contribution is 9.10. The quantitative estimate of drug-likeness (QED) is 0.847. The molecule has 1 aliphatic rings. The van der Waals surface area contributed by atoms with Gasteiger partial charge in [-0.3, -0.25) is 4.79 Å². The number of amides is 1. The topological polar surface area (TPSA) is 68.0 Å². The Morgan fingerprint density at radius 2 is 2.05 bits per heavy atom. The van der Waals surface area contributed by atoms with E-state index >= 15 is 0 Å². The molecule has 0 radical (unpaired) electrons. The number of carbonyl (C=O) groups is 1. The van der Waals surface area contributed by atoms with Gasteiger partial charge >= 0.3 is 0 Å². The molecule has 0 aliphatic heterocycles. The summed E-state index contributed by atoms with van der Waals surface area (Å²) in [7, 11) is 0. The molecule has 7 heteroatoms. The van der Waals surface area contributed by atoms with E-state index in [1.807, 2.05) is 16.8 Å². The summed E-state index contributed by atoms with van der Waals surface area (Å²) < 4.78 is 1.04. The van der Waals surface area contributed by atoms with Crippen molar-refractivity contribution in [2.24, 2.45) is 5.73 Å². The van der Waals surface area contributed by atoms with E-state index in [0.717, 1.165) is 40.0 Å². The number of hydrogen-bond acceptors (Lipinski definition) is 5. The Hall–Kier alpha value is -0.760. The minimum Gasteiger partial charge on any atom is -0.348 e. The van der Waals surface area contributed by atoms with Gasteiger partial charge in [0.25, 0.3) is 5.91 Å². The lowest BCUT2D eigenvalue weighted by Crippen LogP contribution is -2.40. The van der Waals surface area contributed by atoms with Crippen LogP contribution in [-0.4, -0.2) is 23.0 Å². The van der Waals surface area contributed by atoms with Crippen molar-refractivity contribution in [3.63, 3.8) is 0 Å². The minimum atomic E-state index is -0.0754. The molecule has 3 rings (SSSR count). The van der Waals surface area contributed by atoms with Crippen molar-refractivity contribution in [2.75, 3.05) is 0 Å². The lowest BCUT2D eigenvalue weighted by molar-refractivity contribution is 0.0921. The molecule has 4 nitrogen and oxygen atoms in total. The Morgan fingerprint density at radius 3 is 2.71 bits per heavy atom. The SMILES string of the molecule is NC1CCC(NC(=O)c2csc(-c3cc(Br)cs3)n2)CC1. The van der Waals surface area contributed by atoms with Crippen LogP contribution in [0.25, 0.3) is 9.88 Å². The summed E-state index contributed by atoms with van der Waals surface area (Å²) >= 11 is 6.56. The van der Waals surface area contributed by atoms with E-state index < -0.39 is 0 Å². The van der Waals surface area contributed by atoms with E-state index in [1.54, 1.807) is 11.3 Å². The van der Waals surface area contributed by atoms with Crippen molar-refractivity contribution in [1.82, 2.24) is 10.3 Å². The molecule has 0 bridgehead atoms. The molecule has 1 fully saturated rings. The highest BCUT2D eigenvalue weighted by Gasteiger charge is 2.21. The fourth-order valence-corrected chi connectivity index (χ4v) is 4.75. The minimum absolute atomic E-state index is 0.0754. The van der Waals surface area contributed by atoms with E-state index in [4.69, 9.17) is 5.73 Å². The molecule has 1 saturated carbocycles. The van der Waals surface area contributed by atoms with E-state index in [-0.39, 0.29) is 11.9 Å². The Labute approximate surface area is 139 Å². The van der Waals surface area contributed by atoms with Crippen LogP contribution in [0.4, 0.5) is 0 Å². The number of hydrogen-bond donors (Lipinski definition) is 2. The molecule has 2 heterocycles. The van der Waals surface area contributed by atoms with Crippen LogP contribution < -0.4 is 11.1 Å². The molecule has 0 saturated heterocycles. The maximum Gasteiger partial charge on any atom is 0.270 e.